The lowest BCUT2D eigenvalue weighted by molar-refractivity contribution is -0.121. The van der Waals surface area contributed by atoms with Gasteiger partial charge in [-0.25, -0.2) is 8.42 Å². The van der Waals surface area contributed by atoms with Gasteiger partial charge in [0.15, 0.2) is 0 Å². The van der Waals surface area contributed by atoms with E-state index in [9.17, 15) is 13.2 Å². The maximum Gasteiger partial charge on any atom is 0.232 e. The second-order valence-corrected chi connectivity index (χ2v) is 9.41. The van der Waals surface area contributed by atoms with Crippen LogP contribution >= 0.6 is 0 Å². The highest BCUT2D eigenvalue weighted by Crippen LogP contribution is 2.29. The maximum absolute atomic E-state index is 12.6. The molecule has 1 atom stereocenters. The number of para-hydroxylation sites is 2. The summed E-state index contributed by atoms with van der Waals surface area (Å²) in [6.45, 7) is 6.34. The van der Waals surface area contributed by atoms with E-state index in [1.54, 1.807) is 24.3 Å². The monoisotopic (exact) mass is 432 g/mol. The fourth-order valence-corrected chi connectivity index (χ4v) is 4.54. The van der Waals surface area contributed by atoms with Crippen molar-refractivity contribution in [3.63, 3.8) is 0 Å². The van der Waals surface area contributed by atoms with Crippen LogP contribution in [0.4, 0.5) is 5.69 Å². The van der Waals surface area contributed by atoms with Crippen molar-refractivity contribution in [2.75, 3.05) is 24.2 Å². The molecule has 0 aliphatic carbocycles. The van der Waals surface area contributed by atoms with E-state index in [0.717, 1.165) is 23.8 Å². The van der Waals surface area contributed by atoms with Gasteiger partial charge in [-0.2, -0.15) is 0 Å². The van der Waals surface area contributed by atoms with Crippen molar-refractivity contribution in [1.29, 1.82) is 0 Å². The standard InChI is InChI=1S/C23H32N2O4S/c1-6-20(19-14-13-17(2)16-18(19)3)24-23(26)12-9-15-25(30(5,27)28)21-10-7-8-11-22(21)29-4/h7-8,10-11,13-14,16,20H,6,9,12,15H2,1-5H3,(H,24,26)/t20-/m1/s1. The molecule has 1 amide bonds. The first-order valence-corrected chi connectivity index (χ1v) is 12.0. The summed E-state index contributed by atoms with van der Waals surface area (Å²) in [4.78, 5) is 12.6. The average molecular weight is 433 g/mol. The summed E-state index contributed by atoms with van der Waals surface area (Å²) < 4.78 is 31.2. The molecule has 0 aromatic heterocycles. The van der Waals surface area contributed by atoms with Gasteiger partial charge in [0.1, 0.15) is 5.75 Å². The Balaban J connectivity index is 2.03. The predicted octanol–water partition coefficient (Wildman–Crippen LogP) is 4.13. The SMILES string of the molecule is CC[C@@H](NC(=O)CCCN(c1ccccc1OC)S(C)(=O)=O)c1ccc(C)cc1C. The fourth-order valence-electron chi connectivity index (χ4n) is 3.57. The van der Waals surface area contributed by atoms with Crippen LogP contribution in [-0.2, 0) is 14.8 Å². The Bertz CT molecular complexity index is 973. The third-order valence-electron chi connectivity index (χ3n) is 5.06. The molecule has 0 aliphatic rings. The third kappa shape index (κ3) is 6.23. The Morgan fingerprint density at radius 3 is 2.47 bits per heavy atom. The molecule has 6 nitrogen and oxygen atoms in total. The molecule has 0 unspecified atom stereocenters. The van der Waals surface area contributed by atoms with Crippen LogP contribution < -0.4 is 14.4 Å². The van der Waals surface area contributed by atoms with Gasteiger partial charge in [0.2, 0.25) is 15.9 Å². The quantitative estimate of drug-likeness (QED) is 0.613. The number of carbonyl (C=O) groups excluding carboxylic acids is 1. The van der Waals surface area contributed by atoms with Crippen LogP contribution in [0.5, 0.6) is 5.75 Å². The topological polar surface area (TPSA) is 75.7 Å². The van der Waals surface area contributed by atoms with Crippen LogP contribution in [-0.4, -0.2) is 34.2 Å². The average Bonchev–Trinajstić information content (AvgIpc) is 2.69. The summed E-state index contributed by atoms with van der Waals surface area (Å²) in [5.41, 5.74) is 3.93. The number of hydrogen-bond donors (Lipinski definition) is 1. The lowest BCUT2D eigenvalue weighted by Gasteiger charge is -2.24. The number of amides is 1. The third-order valence-corrected chi connectivity index (χ3v) is 6.24. The summed E-state index contributed by atoms with van der Waals surface area (Å²) in [6, 6.07) is 13.1. The van der Waals surface area contributed by atoms with Crippen LogP contribution in [0.25, 0.3) is 0 Å². The molecule has 0 fully saturated rings. The van der Waals surface area contributed by atoms with Crippen LogP contribution in [0.1, 0.15) is 48.9 Å². The summed E-state index contributed by atoms with van der Waals surface area (Å²) in [6.07, 6.45) is 2.59. The largest absolute Gasteiger partial charge is 0.495 e. The smallest absolute Gasteiger partial charge is 0.232 e. The number of carbonyl (C=O) groups is 1. The number of benzene rings is 2. The first-order valence-electron chi connectivity index (χ1n) is 10.1. The number of aryl methyl sites for hydroxylation is 2. The Morgan fingerprint density at radius 2 is 1.87 bits per heavy atom. The van der Waals surface area contributed by atoms with Gasteiger partial charge >= 0.3 is 0 Å². The van der Waals surface area contributed by atoms with Crippen molar-refractivity contribution in [3.8, 4) is 5.75 Å². The van der Waals surface area contributed by atoms with Gasteiger partial charge in [-0.05, 0) is 49.9 Å². The number of ether oxygens (including phenoxy) is 1. The first kappa shape index (κ1) is 23.7. The van der Waals surface area contributed by atoms with Gasteiger partial charge in [-0.3, -0.25) is 9.10 Å². The molecule has 0 radical (unpaired) electrons. The van der Waals surface area contributed by atoms with Crippen LogP contribution in [0.2, 0.25) is 0 Å². The molecule has 0 saturated carbocycles. The molecule has 0 heterocycles. The number of nitrogens with one attached hydrogen (secondary N) is 1. The van der Waals surface area contributed by atoms with Gasteiger partial charge in [0, 0.05) is 13.0 Å². The van der Waals surface area contributed by atoms with E-state index in [4.69, 9.17) is 4.74 Å². The van der Waals surface area contributed by atoms with E-state index >= 15 is 0 Å². The molecule has 2 rings (SSSR count). The van der Waals surface area contributed by atoms with E-state index in [1.165, 1.54) is 17.0 Å². The van der Waals surface area contributed by atoms with Gasteiger partial charge in [0.05, 0.1) is 25.1 Å². The number of anilines is 1. The molecule has 0 aliphatic heterocycles. The highest BCUT2D eigenvalue weighted by atomic mass is 32.2. The van der Waals surface area contributed by atoms with Crippen molar-refractivity contribution in [3.05, 3.63) is 59.2 Å². The molecule has 164 valence electrons. The van der Waals surface area contributed by atoms with E-state index < -0.39 is 10.0 Å². The second-order valence-electron chi connectivity index (χ2n) is 7.50. The van der Waals surface area contributed by atoms with E-state index in [0.29, 0.717) is 17.9 Å². The molecular weight excluding hydrogens is 400 g/mol. The summed E-state index contributed by atoms with van der Waals surface area (Å²) >= 11 is 0. The molecular formula is C23H32N2O4S. The van der Waals surface area contributed by atoms with Gasteiger partial charge in [0.25, 0.3) is 0 Å². The Kier molecular flexibility index (Phi) is 8.29. The highest BCUT2D eigenvalue weighted by Gasteiger charge is 2.21. The Hall–Kier alpha value is -2.54. The van der Waals surface area contributed by atoms with Crippen molar-refractivity contribution in [2.45, 2.75) is 46.1 Å². The Morgan fingerprint density at radius 1 is 1.17 bits per heavy atom. The van der Waals surface area contributed by atoms with Gasteiger partial charge in [-0.1, -0.05) is 42.8 Å². The van der Waals surface area contributed by atoms with Gasteiger partial charge in [-0.15, -0.1) is 0 Å². The van der Waals surface area contributed by atoms with Crippen LogP contribution in [0.15, 0.2) is 42.5 Å². The molecule has 0 spiro atoms. The van der Waals surface area contributed by atoms with Gasteiger partial charge < -0.3 is 10.1 Å². The molecule has 30 heavy (non-hydrogen) atoms. The number of hydrogen-bond acceptors (Lipinski definition) is 4. The zero-order chi connectivity index (χ0) is 22.3. The van der Waals surface area contributed by atoms with Crippen molar-refractivity contribution in [1.82, 2.24) is 5.32 Å². The first-order chi connectivity index (χ1) is 14.2. The molecule has 7 heteroatoms. The van der Waals surface area contributed by atoms with E-state index in [-0.39, 0.29) is 24.9 Å². The van der Waals surface area contributed by atoms with E-state index in [1.807, 2.05) is 26.8 Å². The normalized spacial score (nSPS) is 12.3. The lowest BCUT2D eigenvalue weighted by atomic mass is 9.97. The van der Waals surface area contributed by atoms with Crippen LogP contribution in [0, 0.1) is 13.8 Å². The lowest BCUT2D eigenvalue weighted by Crippen LogP contribution is -2.33. The van der Waals surface area contributed by atoms with Crippen molar-refractivity contribution in [2.24, 2.45) is 0 Å². The number of rotatable bonds is 10. The number of methoxy groups -OCH3 is 1. The van der Waals surface area contributed by atoms with Crippen LogP contribution in [0.3, 0.4) is 0 Å². The minimum atomic E-state index is -3.51. The Labute approximate surface area is 180 Å². The summed E-state index contributed by atoms with van der Waals surface area (Å²) in [7, 11) is -2.00. The van der Waals surface area contributed by atoms with E-state index in [2.05, 4.69) is 17.4 Å². The summed E-state index contributed by atoms with van der Waals surface area (Å²) in [5, 5.41) is 3.09. The second kappa shape index (κ2) is 10.5. The predicted molar refractivity (Wildman–Crippen MR) is 122 cm³/mol. The highest BCUT2D eigenvalue weighted by molar-refractivity contribution is 7.92. The minimum Gasteiger partial charge on any atom is -0.495 e. The molecule has 0 bridgehead atoms. The zero-order valence-electron chi connectivity index (χ0n) is 18.4. The zero-order valence-corrected chi connectivity index (χ0v) is 19.3. The maximum atomic E-state index is 12.6. The number of nitrogens with zero attached hydrogens (tertiary/aromatic N) is 1. The van der Waals surface area contributed by atoms with Crippen molar-refractivity contribution >= 4 is 21.6 Å². The minimum absolute atomic E-state index is 0.0571. The number of sulfonamides is 1. The molecule has 0 saturated heterocycles. The van der Waals surface area contributed by atoms with Crippen molar-refractivity contribution < 1.29 is 17.9 Å². The summed E-state index contributed by atoms with van der Waals surface area (Å²) in [5.74, 6) is 0.392. The molecule has 2 aromatic carbocycles. The molecule has 2 aromatic rings. The molecule has 1 N–H and O–H groups in total. The fraction of sp³-hybridized carbons (Fsp3) is 0.435.